The van der Waals surface area contributed by atoms with E-state index in [1.165, 1.54) is 25.4 Å². The number of rotatable bonds is 7. The molecule has 1 aromatic carbocycles. The Morgan fingerprint density at radius 2 is 2.09 bits per heavy atom. The van der Waals surface area contributed by atoms with Gasteiger partial charge in [-0.05, 0) is 39.5 Å². The van der Waals surface area contributed by atoms with E-state index in [0.29, 0.717) is 10.6 Å². The first-order valence-corrected chi connectivity index (χ1v) is 8.14. The normalized spacial score (nSPS) is 12.3. The molecule has 2 aromatic rings. The number of carboxylic acid groups (broad SMARTS) is 1. The molecule has 22 heavy (non-hydrogen) atoms. The largest absolute Gasteiger partial charge is 0.481 e. The average Bonchev–Trinajstić information content (AvgIpc) is 2.87. The summed E-state index contributed by atoms with van der Waals surface area (Å²) in [5.74, 6) is -1.18. The Labute approximate surface area is 140 Å². The van der Waals surface area contributed by atoms with Gasteiger partial charge in [-0.25, -0.2) is 0 Å². The maximum absolute atomic E-state index is 12.2. The number of Topliss-reactive ketones (excluding diaryl/α,β-unsaturated/α-hetero) is 1. The quantitative estimate of drug-likeness (QED) is 0.576. The lowest BCUT2D eigenvalue weighted by Crippen LogP contribution is -2.13. The number of methoxy groups -OCH3 is 1. The predicted octanol–water partition coefficient (Wildman–Crippen LogP) is 3.94. The molecule has 0 spiro atoms. The van der Waals surface area contributed by atoms with E-state index in [-0.39, 0.29) is 19.0 Å². The van der Waals surface area contributed by atoms with Crippen LogP contribution in [0.4, 0.5) is 0 Å². The maximum atomic E-state index is 12.2. The van der Waals surface area contributed by atoms with Crippen LogP contribution in [0.5, 0.6) is 5.75 Å². The van der Waals surface area contributed by atoms with Crippen molar-refractivity contribution in [2.45, 2.75) is 13.3 Å². The minimum absolute atomic E-state index is 0.00361. The third kappa shape index (κ3) is 3.85. The van der Waals surface area contributed by atoms with Gasteiger partial charge in [0, 0.05) is 18.2 Å². The Morgan fingerprint density at radius 3 is 2.73 bits per heavy atom. The number of benzene rings is 1. The van der Waals surface area contributed by atoms with Crippen LogP contribution < -0.4 is 4.74 Å². The standard InChI is InChI=1S/C15H15BrO5S/c1-8(15(18)19)3-11(17)14-5-9-4-10(16)12(21-7-20-2)6-13(9)22-14/h4-6,8H,3,7H2,1-2H3,(H,18,19). The summed E-state index contributed by atoms with van der Waals surface area (Å²) in [6.45, 7) is 1.66. The van der Waals surface area contributed by atoms with Crippen molar-refractivity contribution >= 4 is 49.1 Å². The van der Waals surface area contributed by atoms with Gasteiger partial charge >= 0.3 is 5.97 Å². The Hall–Kier alpha value is -1.44. The maximum Gasteiger partial charge on any atom is 0.306 e. The van der Waals surface area contributed by atoms with E-state index in [2.05, 4.69) is 15.9 Å². The summed E-state index contributed by atoms with van der Waals surface area (Å²) in [7, 11) is 1.54. The first-order chi connectivity index (χ1) is 10.4. The zero-order valence-electron chi connectivity index (χ0n) is 12.1. The summed E-state index contributed by atoms with van der Waals surface area (Å²) in [4.78, 5) is 23.6. The van der Waals surface area contributed by atoms with Crippen LogP contribution >= 0.6 is 27.3 Å². The third-order valence-electron chi connectivity index (χ3n) is 3.09. The first-order valence-electron chi connectivity index (χ1n) is 6.53. The van der Waals surface area contributed by atoms with Crippen molar-refractivity contribution in [3.63, 3.8) is 0 Å². The molecule has 1 heterocycles. The molecule has 0 aliphatic carbocycles. The van der Waals surface area contributed by atoms with Crippen LogP contribution in [0, 0.1) is 5.92 Å². The first kappa shape index (κ1) is 16.9. The monoisotopic (exact) mass is 386 g/mol. The Morgan fingerprint density at radius 1 is 1.36 bits per heavy atom. The molecule has 0 saturated heterocycles. The third-order valence-corrected chi connectivity index (χ3v) is 4.85. The van der Waals surface area contributed by atoms with Gasteiger partial charge < -0.3 is 14.6 Å². The van der Waals surface area contributed by atoms with Crippen LogP contribution in [0.15, 0.2) is 22.7 Å². The van der Waals surface area contributed by atoms with Crippen molar-refractivity contribution in [2.24, 2.45) is 5.92 Å². The van der Waals surface area contributed by atoms with Gasteiger partial charge in [0.1, 0.15) is 5.75 Å². The molecular weight excluding hydrogens is 372 g/mol. The zero-order valence-corrected chi connectivity index (χ0v) is 14.5. The predicted molar refractivity (Wildman–Crippen MR) is 87.8 cm³/mol. The second kappa shape index (κ2) is 7.21. The Kier molecular flexibility index (Phi) is 5.55. The molecule has 0 aliphatic heterocycles. The topological polar surface area (TPSA) is 72.8 Å². The van der Waals surface area contributed by atoms with Gasteiger partial charge in [0.15, 0.2) is 12.6 Å². The lowest BCUT2D eigenvalue weighted by molar-refractivity contribution is -0.141. The number of carbonyl (C=O) groups is 2. The van der Waals surface area contributed by atoms with E-state index in [4.69, 9.17) is 14.6 Å². The van der Waals surface area contributed by atoms with Crippen LogP contribution in [0.3, 0.4) is 0 Å². The summed E-state index contributed by atoms with van der Waals surface area (Å²) in [5, 5.41) is 9.80. The molecule has 0 aliphatic rings. The highest BCUT2D eigenvalue weighted by atomic mass is 79.9. The van der Waals surface area contributed by atoms with Crippen LogP contribution in [0.25, 0.3) is 10.1 Å². The van der Waals surface area contributed by atoms with E-state index >= 15 is 0 Å². The SMILES string of the molecule is COCOc1cc2sc(C(=O)CC(C)C(=O)O)cc2cc1Br. The van der Waals surface area contributed by atoms with Gasteiger partial charge in [0.05, 0.1) is 15.3 Å². The summed E-state index contributed by atoms with van der Waals surface area (Å²) < 4.78 is 12.0. The fourth-order valence-corrected chi connectivity index (χ4v) is 3.37. The second-order valence-corrected chi connectivity index (χ2v) is 6.79. The Balaban J connectivity index is 2.26. The van der Waals surface area contributed by atoms with Crippen molar-refractivity contribution in [3.05, 3.63) is 27.5 Å². The molecule has 0 amide bonds. The van der Waals surface area contributed by atoms with E-state index in [1.54, 1.807) is 6.07 Å². The van der Waals surface area contributed by atoms with Crippen LogP contribution in [-0.4, -0.2) is 30.8 Å². The molecular formula is C15H15BrO5S. The van der Waals surface area contributed by atoms with Crippen molar-refractivity contribution in [1.82, 2.24) is 0 Å². The second-order valence-electron chi connectivity index (χ2n) is 4.85. The molecule has 1 atom stereocenters. The summed E-state index contributed by atoms with van der Waals surface area (Å²) >= 11 is 4.75. The molecule has 7 heteroatoms. The molecule has 1 unspecified atom stereocenters. The molecule has 0 radical (unpaired) electrons. The van der Waals surface area contributed by atoms with Crippen molar-refractivity contribution in [1.29, 1.82) is 0 Å². The smallest absolute Gasteiger partial charge is 0.306 e. The van der Waals surface area contributed by atoms with Crippen molar-refractivity contribution < 1.29 is 24.2 Å². The number of fused-ring (bicyclic) bond motifs is 1. The number of ether oxygens (including phenoxy) is 2. The highest BCUT2D eigenvalue weighted by Gasteiger charge is 2.19. The fraction of sp³-hybridized carbons (Fsp3) is 0.333. The van der Waals surface area contributed by atoms with Gasteiger partial charge in [-0.2, -0.15) is 0 Å². The fourth-order valence-electron chi connectivity index (χ4n) is 1.88. The van der Waals surface area contributed by atoms with Gasteiger partial charge in [-0.15, -0.1) is 11.3 Å². The molecule has 1 aromatic heterocycles. The number of hydrogen-bond acceptors (Lipinski definition) is 5. The summed E-state index contributed by atoms with van der Waals surface area (Å²) in [6, 6.07) is 5.48. The lowest BCUT2D eigenvalue weighted by Gasteiger charge is -2.06. The number of aliphatic carboxylic acids is 1. The Bertz CT molecular complexity index is 709. The molecule has 2 rings (SSSR count). The van der Waals surface area contributed by atoms with Crippen LogP contribution in [0.2, 0.25) is 0 Å². The lowest BCUT2D eigenvalue weighted by atomic mass is 10.0. The minimum atomic E-state index is -0.965. The number of thiophene rings is 1. The molecule has 1 N–H and O–H groups in total. The summed E-state index contributed by atoms with van der Waals surface area (Å²) in [5.41, 5.74) is 0. The van der Waals surface area contributed by atoms with Crippen molar-refractivity contribution in [3.8, 4) is 5.75 Å². The van der Waals surface area contributed by atoms with Gasteiger partial charge in [0.25, 0.3) is 0 Å². The number of ketones is 1. The highest BCUT2D eigenvalue weighted by Crippen LogP contribution is 2.35. The average molecular weight is 387 g/mol. The molecule has 118 valence electrons. The van der Waals surface area contributed by atoms with Crippen LogP contribution in [-0.2, 0) is 9.53 Å². The van der Waals surface area contributed by atoms with E-state index in [1.807, 2.05) is 12.1 Å². The van der Waals surface area contributed by atoms with E-state index < -0.39 is 11.9 Å². The van der Waals surface area contributed by atoms with Gasteiger partial charge in [0.2, 0.25) is 0 Å². The molecule has 5 nitrogen and oxygen atoms in total. The number of hydrogen-bond donors (Lipinski definition) is 1. The van der Waals surface area contributed by atoms with E-state index in [9.17, 15) is 9.59 Å². The number of halogens is 1. The zero-order chi connectivity index (χ0) is 16.3. The molecule has 0 bridgehead atoms. The minimum Gasteiger partial charge on any atom is -0.481 e. The van der Waals surface area contributed by atoms with Gasteiger partial charge in [-0.3, -0.25) is 9.59 Å². The number of carbonyl (C=O) groups excluding carboxylic acids is 1. The van der Waals surface area contributed by atoms with Gasteiger partial charge in [-0.1, -0.05) is 6.92 Å². The highest BCUT2D eigenvalue weighted by molar-refractivity contribution is 9.10. The summed E-state index contributed by atoms with van der Waals surface area (Å²) in [6.07, 6.45) is -0.00361. The molecule has 0 saturated carbocycles. The van der Waals surface area contributed by atoms with Crippen molar-refractivity contribution in [2.75, 3.05) is 13.9 Å². The molecule has 0 fully saturated rings. The number of carboxylic acids is 1. The van der Waals surface area contributed by atoms with E-state index in [0.717, 1.165) is 14.6 Å². The van der Waals surface area contributed by atoms with Crippen LogP contribution in [0.1, 0.15) is 23.0 Å².